The van der Waals surface area contributed by atoms with Gasteiger partial charge in [0.2, 0.25) is 5.91 Å². The van der Waals surface area contributed by atoms with Crippen LogP contribution in [0.2, 0.25) is 0 Å². The van der Waals surface area contributed by atoms with Crippen LogP contribution in [0, 0.1) is 0 Å². The number of aliphatic hydroxyl groups excluding tert-OH is 1. The van der Waals surface area contributed by atoms with Gasteiger partial charge in [0, 0.05) is 18.3 Å². The number of allylic oxidation sites excluding steroid dienone is 2. The van der Waals surface area contributed by atoms with Gasteiger partial charge in [-0.05, 0) is 58.9 Å². The second kappa shape index (κ2) is 7.23. The van der Waals surface area contributed by atoms with Crippen LogP contribution in [0.15, 0.2) is 11.8 Å². The van der Waals surface area contributed by atoms with E-state index in [-0.39, 0.29) is 12.0 Å². The van der Waals surface area contributed by atoms with Crippen LogP contribution in [0.3, 0.4) is 0 Å². The van der Waals surface area contributed by atoms with Crippen LogP contribution in [-0.2, 0) is 4.79 Å². The molecule has 2 aliphatic carbocycles. The SMILES string of the molecule is CC(O)CCN(C)CC(=O)N(C1=CCCCC1)C1CC1. The molecule has 0 saturated heterocycles. The van der Waals surface area contributed by atoms with E-state index in [0.717, 1.165) is 38.6 Å². The monoisotopic (exact) mass is 280 g/mol. The van der Waals surface area contributed by atoms with Crippen LogP contribution in [0.1, 0.15) is 51.9 Å². The van der Waals surface area contributed by atoms with E-state index in [0.29, 0.717) is 12.6 Å². The summed E-state index contributed by atoms with van der Waals surface area (Å²) in [5, 5.41) is 9.32. The Hall–Kier alpha value is -0.870. The maximum atomic E-state index is 12.6. The summed E-state index contributed by atoms with van der Waals surface area (Å²) in [6.07, 6.45) is 9.62. The van der Waals surface area contributed by atoms with Gasteiger partial charge in [0.05, 0.1) is 12.6 Å². The summed E-state index contributed by atoms with van der Waals surface area (Å²) in [6, 6.07) is 0.456. The van der Waals surface area contributed by atoms with Gasteiger partial charge >= 0.3 is 0 Å². The third-order valence-electron chi connectivity index (χ3n) is 4.09. The average Bonchev–Trinajstić information content (AvgIpc) is 3.22. The minimum absolute atomic E-state index is 0.230. The highest BCUT2D eigenvalue weighted by atomic mass is 16.3. The van der Waals surface area contributed by atoms with Gasteiger partial charge in [-0.2, -0.15) is 0 Å². The zero-order valence-electron chi connectivity index (χ0n) is 12.8. The normalized spacial score (nSPS) is 20.7. The highest BCUT2D eigenvalue weighted by Gasteiger charge is 2.35. The van der Waals surface area contributed by atoms with E-state index in [9.17, 15) is 9.90 Å². The molecule has 0 spiro atoms. The Kier molecular flexibility index (Phi) is 5.61. The van der Waals surface area contributed by atoms with Gasteiger partial charge in [0.15, 0.2) is 0 Å². The van der Waals surface area contributed by atoms with Crippen molar-refractivity contribution in [1.29, 1.82) is 0 Å². The predicted octanol–water partition coefficient (Wildman–Crippen LogP) is 2.14. The van der Waals surface area contributed by atoms with Gasteiger partial charge in [-0.3, -0.25) is 9.69 Å². The van der Waals surface area contributed by atoms with Crippen molar-refractivity contribution < 1.29 is 9.90 Å². The Bertz CT molecular complexity index is 361. The number of hydrogen-bond donors (Lipinski definition) is 1. The first-order valence-electron chi connectivity index (χ1n) is 7.95. The maximum Gasteiger partial charge on any atom is 0.241 e. The molecule has 1 N–H and O–H groups in total. The Balaban J connectivity index is 1.88. The molecular formula is C16H28N2O2. The van der Waals surface area contributed by atoms with Crippen molar-refractivity contribution in [3.8, 4) is 0 Å². The molecular weight excluding hydrogens is 252 g/mol. The molecule has 4 nitrogen and oxygen atoms in total. The standard InChI is InChI=1S/C16H28N2O2/c1-13(19)10-11-17(2)12-16(20)18(15-8-9-15)14-6-4-3-5-7-14/h6,13,15,19H,3-5,7-12H2,1-2H3. The molecule has 20 heavy (non-hydrogen) atoms. The number of hydrogen-bond acceptors (Lipinski definition) is 3. The Morgan fingerprint density at radius 1 is 1.45 bits per heavy atom. The number of carbonyl (C=O) groups excluding carboxylic acids is 1. The van der Waals surface area contributed by atoms with Crippen molar-refractivity contribution in [2.24, 2.45) is 0 Å². The van der Waals surface area contributed by atoms with Gasteiger partial charge < -0.3 is 10.0 Å². The van der Waals surface area contributed by atoms with E-state index in [1.54, 1.807) is 6.92 Å². The van der Waals surface area contributed by atoms with Crippen LogP contribution in [0.4, 0.5) is 0 Å². The van der Waals surface area contributed by atoms with E-state index < -0.39 is 0 Å². The molecule has 1 saturated carbocycles. The number of nitrogens with zero attached hydrogens (tertiary/aromatic N) is 2. The summed E-state index contributed by atoms with van der Waals surface area (Å²) in [6.45, 7) is 3.01. The van der Waals surface area contributed by atoms with Gasteiger partial charge in [0.25, 0.3) is 0 Å². The highest BCUT2D eigenvalue weighted by Crippen LogP contribution is 2.33. The molecule has 1 unspecified atom stereocenters. The quantitative estimate of drug-likeness (QED) is 0.777. The number of aliphatic hydroxyl groups is 1. The van der Waals surface area contributed by atoms with E-state index in [2.05, 4.69) is 11.0 Å². The fourth-order valence-corrected chi connectivity index (χ4v) is 2.76. The minimum atomic E-state index is -0.298. The zero-order chi connectivity index (χ0) is 14.5. The van der Waals surface area contributed by atoms with E-state index in [1.165, 1.54) is 18.5 Å². The first-order chi connectivity index (χ1) is 9.58. The topological polar surface area (TPSA) is 43.8 Å². The lowest BCUT2D eigenvalue weighted by Gasteiger charge is -2.29. The van der Waals surface area contributed by atoms with Crippen molar-refractivity contribution in [2.75, 3.05) is 20.1 Å². The predicted molar refractivity (Wildman–Crippen MR) is 80.2 cm³/mol. The van der Waals surface area contributed by atoms with Crippen LogP contribution < -0.4 is 0 Å². The molecule has 0 radical (unpaired) electrons. The molecule has 0 aromatic rings. The Morgan fingerprint density at radius 3 is 2.75 bits per heavy atom. The summed E-state index contributed by atoms with van der Waals surface area (Å²) in [7, 11) is 1.96. The van der Waals surface area contributed by atoms with Gasteiger partial charge in [-0.25, -0.2) is 0 Å². The summed E-state index contributed by atoms with van der Waals surface area (Å²) >= 11 is 0. The molecule has 4 heteroatoms. The molecule has 0 bridgehead atoms. The fraction of sp³-hybridized carbons (Fsp3) is 0.812. The van der Waals surface area contributed by atoms with Crippen molar-refractivity contribution in [3.63, 3.8) is 0 Å². The summed E-state index contributed by atoms with van der Waals surface area (Å²) < 4.78 is 0. The lowest BCUT2D eigenvalue weighted by molar-refractivity contribution is -0.131. The summed E-state index contributed by atoms with van der Waals surface area (Å²) in [4.78, 5) is 16.6. The lowest BCUT2D eigenvalue weighted by atomic mass is 10.0. The smallest absolute Gasteiger partial charge is 0.241 e. The van der Waals surface area contributed by atoms with Crippen molar-refractivity contribution in [3.05, 3.63) is 11.8 Å². The Labute approximate surface area is 122 Å². The van der Waals surface area contributed by atoms with Crippen LogP contribution in [0.25, 0.3) is 0 Å². The van der Waals surface area contributed by atoms with Crippen molar-refractivity contribution in [1.82, 2.24) is 9.80 Å². The molecule has 0 heterocycles. The molecule has 0 aromatic carbocycles. The van der Waals surface area contributed by atoms with E-state index in [4.69, 9.17) is 0 Å². The fourth-order valence-electron chi connectivity index (χ4n) is 2.76. The van der Waals surface area contributed by atoms with E-state index in [1.807, 2.05) is 11.9 Å². The summed E-state index contributed by atoms with van der Waals surface area (Å²) in [5.41, 5.74) is 1.26. The number of carbonyl (C=O) groups is 1. The van der Waals surface area contributed by atoms with E-state index >= 15 is 0 Å². The molecule has 2 rings (SSSR count). The molecule has 0 aliphatic heterocycles. The Morgan fingerprint density at radius 2 is 2.20 bits per heavy atom. The number of likely N-dealkylation sites (N-methyl/N-ethyl adjacent to an activating group) is 1. The lowest BCUT2D eigenvalue weighted by Crippen LogP contribution is -2.40. The average molecular weight is 280 g/mol. The third kappa shape index (κ3) is 4.60. The summed E-state index contributed by atoms with van der Waals surface area (Å²) in [5.74, 6) is 0.230. The highest BCUT2D eigenvalue weighted by molar-refractivity contribution is 5.80. The first kappa shape index (κ1) is 15.5. The van der Waals surface area contributed by atoms with Crippen molar-refractivity contribution in [2.45, 2.75) is 64.0 Å². The number of amides is 1. The zero-order valence-corrected chi connectivity index (χ0v) is 12.8. The third-order valence-corrected chi connectivity index (χ3v) is 4.09. The minimum Gasteiger partial charge on any atom is -0.393 e. The van der Waals surface area contributed by atoms with Crippen LogP contribution in [0.5, 0.6) is 0 Å². The van der Waals surface area contributed by atoms with Crippen LogP contribution >= 0.6 is 0 Å². The van der Waals surface area contributed by atoms with Gasteiger partial charge in [0.1, 0.15) is 0 Å². The molecule has 1 fully saturated rings. The molecule has 1 amide bonds. The van der Waals surface area contributed by atoms with Gasteiger partial charge in [-0.15, -0.1) is 0 Å². The molecule has 2 aliphatic rings. The van der Waals surface area contributed by atoms with Crippen molar-refractivity contribution >= 4 is 5.91 Å². The maximum absolute atomic E-state index is 12.6. The second-order valence-electron chi connectivity index (χ2n) is 6.31. The molecule has 1 atom stereocenters. The molecule has 114 valence electrons. The van der Waals surface area contributed by atoms with Gasteiger partial charge in [-0.1, -0.05) is 6.08 Å². The number of rotatable bonds is 7. The van der Waals surface area contributed by atoms with Crippen LogP contribution in [-0.4, -0.2) is 53.1 Å². The molecule has 0 aromatic heterocycles. The largest absolute Gasteiger partial charge is 0.393 e. The first-order valence-corrected chi connectivity index (χ1v) is 7.95. The second-order valence-corrected chi connectivity index (χ2v) is 6.31.